The van der Waals surface area contributed by atoms with Gasteiger partial charge in [-0.2, -0.15) is 4.98 Å². The first-order valence-electron chi connectivity index (χ1n) is 7.80. The van der Waals surface area contributed by atoms with Gasteiger partial charge in [0.1, 0.15) is 0 Å². The maximum Gasteiger partial charge on any atom is 0.294 e. The van der Waals surface area contributed by atoms with Crippen LogP contribution in [0.2, 0.25) is 10.0 Å². The topological polar surface area (TPSA) is 63.4 Å². The lowest BCUT2D eigenvalue weighted by atomic mass is 10.2. The van der Waals surface area contributed by atoms with E-state index in [0.29, 0.717) is 22.4 Å². The Morgan fingerprint density at radius 1 is 1.24 bits per heavy atom. The second-order valence-corrected chi connectivity index (χ2v) is 6.82. The molecule has 0 N–H and O–H groups in total. The smallest absolute Gasteiger partial charge is 0.294 e. The van der Waals surface area contributed by atoms with Gasteiger partial charge in [-0.05, 0) is 44.5 Å². The van der Waals surface area contributed by atoms with Crippen molar-refractivity contribution in [1.29, 1.82) is 0 Å². The Morgan fingerprint density at radius 3 is 2.64 bits per heavy atom. The van der Waals surface area contributed by atoms with Gasteiger partial charge >= 0.3 is 0 Å². The molecule has 0 atom stereocenters. The summed E-state index contributed by atoms with van der Waals surface area (Å²) < 4.78 is 1.56. The normalized spacial score (nSPS) is 11.3. The van der Waals surface area contributed by atoms with Gasteiger partial charge in [0.05, 0.1) is 10.0 Å². The largest absolute Gasteiger partial charge is 0.329 e. The summed E-state index contributed by atoms with van der Waals surface area (Å²) in [5.74, 6) is 0.267. The third kappa shape index (κ3) is 3.60. The molecule has 0 fully saturated rings. The van der Waals surface area contributed by atoms with Crippen LogP contribution in [0.15, 0.2) is 30.5 Å². The molecule has 2 heterocycles. The van der Waals surface area contributed by atoms with E-state index in [1.807, 2.05) is 32.9 Å². The fourth-order valence-corrected chi connectivity index (χ4v) is 2.77. The van der Waals surface area contributed by atoms with Gasteiger partial charge in [0.15, 0.2) is 0 Å². The number of fused-ring (bicyclic) bond motifs is 1. The predicted octanol–water partition coefficient (Wildman–Crippen LogP) is 3.79. The molecule has 1 aromatic carbocycles. The molecule has 0 aliphatic carbocycles. The first-order chi connectivity index (χ1) is 11.9. The van der Waals surface area contributed by atoms with Crippen LogP contribution in [-0.2, 0) is 6.54 Å². The second kappa shape index (κ2) is 6.98. The van der Waals surface area contributed by atoms with Crippen molar-refractivity contribution in [2.75, 3.05) is 0 Å². The number of carbonyl (C=O) groups is 1. The molecule has 0 aliphatic heterocycles. The van der Waals surface area contributed by atoms with Gasteiger partial charge in [-0.25, -0.2) is 9.50 Å². The molecule has 2 aromatic heterocycles. The highest BCUT2D eigenvalue weighted by Crippen LogP contribution is 2.24. The number of rotatable bonds is 4. The van der Waals surface area contributed by atoms with Crippen LogP contribution in [0.25, 0.3) is 5.78 Å². The average molecular weight is 378 g/mol. The Labute approximate surface area is 155 Å². The Hall–Kier alpha value is -2.18. The van der Waals surface area contributed by atoms with Crippen LogP contribution in [-0.4, -0.2) is 36.4 Å². The SMILES string of the molecule is Cc1ccnc2nc(C(=O)N(Cc3ccc(Cl)c(Cl)c3)C(C)C)nn12. The molecule has 1 amide bonds. The maximum absolute atomic E-state index is 12.9. The highest BCUT2D eigenvalue weighted by atomic mass is 35.5. The van der Waals surface area contributed by atoms with E-state index in [1.54, 1.807) is 27.7 Å². The molecular weight excluding hydrogens is 361 g/mol. The van der Waals surface area contributed by atoms with Gasteiger partial charge in [-0.1, -0.05) is 29.3 Å². The zero-order chi connectivity index (χ0) is 18.1. The van der Waals surface area contributed by atoms with Crippen molar-refractivity contribution < 1.29 is 4.79 Å². The fourth-order valence-electron chi connectivity index (χ4n) is 2.45. The average Bonchev–Trinajstić information content (AvgIpc) is 3.00. The zero-order valence-electron chi connectivity index (χ0n) is 14.1. The molecule has 0 radical (unpaired) electrons. The predicted molar refractivity (Wildman–Crippen MR) is 97.0 cm³/mol. The van der Waals surface area contributed by atoms with Gasteiger partial charge in [-0.3, -0.25) is 4.79 Å². The molecule has 0 aliphatic rings. The molecular formula is C17H17Cl2N5O. The lowest BCUT2D eigenvalue weighted by Crippen LogP contribution is -2.37. The number of halogens is 2. The molecule has 0 saturated carbocycles. The van der Waals surface area contributed by atoms with E-state index >= 15 is 0 Å². The minimum absolute atomic E-state index is 0.0392. The Bertz CT molecular complexity index is 938. The maximum atomic E-state index is 12.9. The highest BCUT2D eigenvalue weighted by Gasteiger charge is 2.24. The quantitative estimate of drug-likeness (QED) is 0.693. The molecule has 3 aromatic rings. The number of nitrogens with zero attached hydrogens (tertiary/aromatic N) is 5. The second-order valence-electron chi connectivity index (χ2n) is 6.01. The number of benzene rings is 1. The standard InChI is InChI=1S/C17H17Cl2N5O/c1-10(2)23(9-12-4-5-13(18)14(19)8-12)16(25)15-21-17-20-7-6-11(3)24(17)22-15/h4-8,10H,9H2,1-3H3. The first-order valence-corrected chi connectivity index (χ1v) is 8.55. The van der Waals surface area contributed by atoms with E-state index in [0.717, 1.165) is 11.3 Å². The molecule has 6 nitrogen and oxygen atoms in total. The summed E-state index contributed by atoms with van der Waals surface area (Å²) in [7, 11) is 0. The van der Waals surface area contributed by atoms with E-state index in [4.69, 9.17) is 23.2 Å². The van der Waals surface area contributed by atoms with E-state index in [1.165, 1.54) is 0 Å². The van der Waals surface area contributed by atoms with Gasteiger partial charge in [0, 0.05) is 24.5 Å². The summed E-state index contributed by atoms with van der Waals surface area (Å²) in [5.41, 5.74) is 1.74. The van der Waals surface area contributed by atoms with Crippen LogP contribution >= 0.6 is 23.2 Å². The lowest BCUT2D eigenvalue weighted by molar-refractivity contribution is 0.0678. The Balaban J connectivity index is 1.92. The Morgan fingerprint density at radius 2 is 2.00 bits per heavy atom. The third-order valence-corrected chi connectivity index (χ3v) is 4.58. The highest BCUT2D eigenvalue weighted by molar-refractivity contribution is 6.42. The van der Waals surface area contributed by atoms with Crippen molar-refractivity contribution in [2.24, 2.45) is 0 Å². The van der Waals surface area contributed by atoms with E-state index in [-0.39, 0.29) is 17.8 Å². The fraction of sp³-hybridized carbons (Fsp3) is 0.294. The molecule has 8 heteroatoms. The van der Waals surface area contributed by atoms with Crippen molar-refractivity contribution in [3.8, 4) is 0 Å². The number of aryl methyl sites for hydroxylation is 1. The molecule has 0 saturated heterocycles. The van der Waals surface area contributed by atoms with Crippen LogP contribution in [0.5, 0.6) is 0 Å². The van der Waals surface area contributed by atoms with Gasteiger partial charge in [0.2, 0.25) is 5.82 Å². The third-order valence-electron chi connectivity index (χ3n) is 3.84. The Kier molecular flexibility index (Phi) is 4.92. The monoisotopic (exact) mass is 377 g/mol. The number of hydrogen-bond acceptors (Lipinski definition) is 4. The molecule has 130 valence electrons. The van der Waals surface area contributed by atoms with Crippen LogP contribution < -0.4 is 0 Å². The number of hydrogen-bond donors (Lipinski definition) is 0. The number of aromatic nitrogens is 4. The van der Waals surface area contributed by atoms with Gasteiger partial charge in [0.25, 0.3) is 11.7 Å². The zero-order valence-corrected chi connectivity index (χ0v) is 15.6. The summed E-state index contributed by atoms with van der Waals surface area (Å²) in [5, 5.41) is 5.24. The van der Waals surface area contributed by atoms with Crippen molar-refractivity contribution in [2.45, 2.75) is 33.4 Å². The lowest BCUT2D eigenvalue weighted by Gasteiger charge is -2.25. The molecule has 0 unspecified atom stereocenters. The first kappa shape index (κ1) is 17.6. The van der Waals surface area contributed by atoms with Crippen LogP contribution in [0.3, 0.4) is 0 Å². The summed E-state index contributed by atoms with van der Waals surface area (Å²) in [6.07, 6.45) is 1.64. The molecule has 0 bridgehead atoms. The summed E-state index contributed by atoms with van der Waals surface area (Å²) in [6, 6.07) is 7.10. The van der Waals surface area contributed by atoms with Gasteiger partial charge < -0.3 is 4.90 Å². The van der Waals surface area contributed by atoms with E-state index < -0.39 is 0 Å². The minimum atomic E-state index is -0.258. The molecule has 25 heavy (non-hydrogen) atoms. The van der Waals surface area contributed by atoms with Crippen LogP contribution in [0.1, 0.15) is 35.7 Å². The van der Waals surface area contributed by atoms with Gasteiger partial charge in [-0.15, -0.1) is 5.10 Å². The summed E-state index contributed by atoms with van der Waals surface area (Å²) in [4.78, 5) is 23.0. The van der Waals surface area contributed by atoms with Crippen molar-refractivity contribution >= 4 is 34.9 Å². The number of amides is 1. The van der Waals surface area contributed by atoms with Crippen molar-refractivity contribution in [3.05, 3.63) is 57.6 Å². The van der Waals surface area contributed by atoms with Crippen molar-refractivity contribution in [1.82, 2.24) is 24.5 Å². The molecule has 3 rings (SSSR count). The van der Waals surface area contributed by atoms with Crippen LogP contribution in [0.4, 0.5) is 0 Å². The van der Waals surface area contributed by atoms with E-state index in [9.17, 15) is 4.79 Å². The minimum Gasteiger partial charge on any atom is -0.329 e. The summed E-state index contributed by atoms with van der Waals surface area (Å²) >= 11 is 12.0. The van der Waals surface area contributed by atoms with E-state index in [2.05, 4.69) is 15.1 Å². The van der Waals surface area contributed by atoms with Crippen molar-refractivity contribution in [3.63, 3.8) is 0 Å². The van der Waals surface area contributed by atoms with Crippen LogP contribution in [0, 0.1) is 6.92 Å². The number of carbonyl (C=O) groups excluding carboxylic acids is 1. The molecule has 0 spiro atoms. The summed E-state index contributed by atoms with van der Waals surface area (Å²) in [6.45, 7) is 6.15.